The molecule has 0 saturated carbocycles. The molecule has 0 spiro atoms. The molecule has 1 rings (SSSR count). The van der Waals surface area contributed by atoms with Crippen LogP contribution in [0, 0.1) is 12.8 Å². The molecule has 1 atom stereocenters. The Morgan fingerprint density at radius 2 is 2.00 bits per heavy atom. The van der Waals surface area contributed by atoms with Gasteiger partial charge in [0.05, 0.1) is 12.0 Å². The number of benzene rings is 1. The number of hydrogen-bond donors (Lipinski definition) is 2. The summed E-state index contributed by atoms with van der Waals surface area (Å²) in [6, 6.07) is 3.51. The van der Waals surface area contributed by atoms with Crippen LogP contribution in [0.15, 0.2) is 23.1 Å². The van der Waals surface area contributed by atoms with Crippen molar-refractivity contribution >= 4 is 21.7 Å². The van der Waals surface area contributed by atoms with Crippen LogP contribution in [-0.4, -0.2) is 27.5 Å². The van der Waals surface area contributed by atoms with Crippen molar-refractivity contribution < 1.29 is 17.9 Å². The summed E-state index contributed by atoms with van der Waals surface area (Å²) in [4.78, 5) is 11.8. The predicted octanol–water partition coefficient (Wildman–Crippen LogP) is 1.44. The molecule has 0 amide bonds. The summed E-state index contributed by atoms with van der Waals surface area (Å²) >= 11 is 0. The second-order valence-corrected chi connectivity index (χ2v) is 7.06. The molecule has 0 aliphatic rings. The average Bonchev–Trinajstić information content (AvgIpc) is 2.39. The minimum Gasteiger partial charge on any atom is -0.468 e. The van der Waals surface area contributed by atoms with Crippen molar-refractivity contribution in [3.8, 4) is 0 Å². The molecule has 21 heavy (non-hydrogen) atoms. The first-order chi connectivity index (χ1) is 9.67. The zero-order valence-electron chi connectivity index (χ0n) is 12.7. The molecule has 118 valence electrons. The fourth-order valence-corrected chi connectivity index (χ4v) is 3.16. The SMILES string of the molecule is COC(=O)C(CC(C)C)NS(=O)(=O)c1ccc(N)c(C)c1. The summed E-state index contributed by atoms with van der Waals surface area (Å²) in [5.74, 6) is -0.454. The van der Waals surface area contributed by atoms with Crippen LogP contribution in [0.4, 0.5) is 5.69 Å². The number of carbonyl (C=O) groups excluding carboxylic acids is 1. The van der Waals surface area contributed by atoms with Gasteiger partial charge in [-0.1, -0.05) is 13.8 Å². The van der Waals surface area contributed by atoms with Gasteiger partial charge in [-0.05, 0) is 43.0 Å². The summed E-state index contributed by atoms with van der Waals surface area (Å²) in [5, 5.41) is 0. The molecule has 1 aromatic carbocycles. The van der Waals surface area contributed by atoms with Crippen LogP contribution >= 0.6 is 0 Å². The van der Waals surface area contributed by atoms with Gasteiger partial charge in [0, 0.05) is 5.69 Å². The first-order valence-corrected chi connectivity index (χ1v) is 8.12. The van der Waals surface area contributed by atoms with Crippen LogP contribution in [0.2, 0.25) is 0 Å². The highest BCUT2D eigenvalue weighted by Gasteiger charge is 2.27. The number of nitrogens with one attached hydrogen (secondary N) is 1. The Morgan fingerprint density at radius 1 is 1.38 bits per heavy atom. The molecule has 0 aromatic heterocycles. The van der Waals surface area contributed by atoms with E-state index in [9.17, 15) is 13.2 Å². The second-order valence-electron chi connectivity index (χ2n) is 5.34. The maximum Gasteiger partial charge on any atom is 0.323 e. The Bertz CT molecular complexity index is 611. The molecule has 0 fully saturated rings. The summed E-state index contributed by atoms with van der Waals surface area (Å²) in [5.41, 5.74) is 6.86. The highest BCUT2D eigenvalue weighted by Crippen LogP contribution is 2.18. The lowest BCUT2D eigenvalue weighted by atomic mass is 10.1. The zero-order chi connectivity index (χ0) is 16.2. The molecule has 1 unspecified atom stereocenters. The molecule has 7 heteroatoms. The van der Waals surface area contributed by atoms with Gasteiger partial charge >= 0.3 is 5.97 Å². The Morgan fingerprint density at radius 3 is 2.48 bits per heavy atom. The number of carbonyl (C=O) groups is 1. The van der Waals surface area contributed by atoms with E-state index in [-0.39, 0.29) is 10.8 Å². The molecule has 0 radical (unpaired) electrons. The number of esters is 1. The molecule has 6 nitrogen and oxygen atoms in total. The first-order valence-electron chi connectivity index (χ1n) is 6.63. The quantitative estimate of drug-likeness (QED) is 0.611. The second kappa shape index (κ2) is 6.91. The highest BCUT2D eigenvalue weighted by atomic mass is 32.2. The van der Waals surface area contributed by atoms with E-state index in [1.807, 2.05) is 13.8 Å². The normalized spacial score (nSPS) is 13.2. The third-order valence-corrected chi connectivity index (χ3v) is 4.51. The van der Waals surface area contributed by atoms with Crippen LogP contribution < -0.4 is 10.5 Å². The fourth-order valence-electron chi connectivity index (χ4n) is 1.88. The van der Waals surface area contributed by atoms with Crippen molar-refractivity contribution in [1.29, 1.82) is 0 Å². The van der Waals surface area contributed by atoms with Crippen LogP contribution in [-0.2, 0) is 19.6 Å². The van der Waals surface area contributed by atoms with Crippen molar-refractivity contribution in [2.75, 3.05) is 12.8 Å². The number of anilines is 1. The van der Waals surface area contributed by atoms with Crippen LogP contribution in [0.25, 0.3) is 0 Å². The third-order valence-electron chi connectivity index (χ3n) is 3.04. The fraction of sp³-hybridized carbons (Fsp3) is 0.500. The Balaban J connectivity index is 3.05. The third kappa shape index (κ3) is 4.71. The van der Waals surface area contributed by atoms with E-state index in [4.69, 9.17) is 5.73 Å². The summed E-state index contributed by atoms with van der Waals surface area (Å²) < 4.78 is 31.7. The van der Waals surface area contributed by atoms with E-state index in [0.717, 1.165) is 0 Å². The van der Waals surface area contributed by atoms with Gasteiger partial charge in [-0.2, -0.15) is 4.72 Å². The van der Waals surface area contributed by atoms with Crippen molar-refractivity contribution in [3.05, 3.63) is 23.8 Å². The van der Waals surface area contributed by atoms with E-state index < -0.39 is 22.0 Å². The zero-order valence-corrected chi connectivity index (χ0v) is 13.5. The molecule has 0 aliphatic carbocycles. The van der Waals surface area contributed by atoms with Crippen LogP contribution in [0.5, 0.6) is 0 Å². The van der Waals surface area contributed by atoms with Crippen LogP contribution in [0.3, 0.4) is 0 Å². The molecule has 0 saturated heterocycles. The van der Waals surface area contributed by atoms with Gasteiger partial charge in [-0.3, -0.25) is 4.79 Å². The van der Waals surface area contributed by atoms with Crippen molar-refractivity contribution in [1.82, 2.24) is 4.72 Å². The summed E-state index contributed by atoms with van der Waals surface area (Å²) in [7, 11) is -2.57. The maximum absolute atomic E-state index is 12.3. The Hall–Kier alpha value is -1.60. The minimum atomic E-state index is -3.81. The van der Waals surface area contributed by atoms with Crippen LogP contribution in [0.1, 0.15) is 25.8 Å². The van der Waals surface area contributed by atoms with E-state index >= 15 is 0 Å². The van der Waals surface area contributed by atoms with Gasteiger partial charge < -0.3 is 10.5 Å². The number of sulfonamides is 1. The van der Waals surface area contributed by atoms with E-state index in [1.54, 1.807) is 6.92 Å². The van der Waals surface area contributed by atoms with E-state index in [2.05, 4.69) is 9.46 Å². The molecular weight excluding hydrogens is 292 g/mol. The van der Waals surface area contributed by atoms with Gasteiger partial charge in [0.1, 0.15) is 6.04 Å². The molecule has 1 aromatic rings. The highest BCUT2D eigenvalue weighted by molar-refractivity contribution is 7.89. The first kappa shape index (κ1) is 17.5. The lowest BCUT2D eigenvalue weighted by molar-refractivity contribution is -0.143. The lowest BCUT2D eigenvalue weighted by Gasteiger charge is -2.18. The Kier molecular flexibility index (Phi) is 5.74. The number of methoxy groups -OCH3 is 1. The van der Waals surface area contributed by atoms with Crippen molar-refractivity contribution in [2.24, 2.45) is 5.92 Å². The molecule has 0 heterocycles. The molecular formula is C14H22N2O4S. The predicted molar refractivity (Wildman–Crippen MR) is 81.2 cm³/mol. The average molecular weight is 314 g/mol. The van der Waals surface area contributed by atoms with Gasteiger partial charge in [-0.25, -0.2) is 8.42 Å². The van der Waals surface area contributed by atoms with Gasteiger partial charge in [0.15, 0.2) is 0 Å². The molecule has 0 aliphatic heterocycles. The van der Waals surface area contributed by atoms with Gasteiger partial charge in [0.25, 0.3) is 0 Å². The van der Waals surface area contributed by atoms with Gasteiger partial charge in [0.2, 0.25) is 10.0 Å². The van der Waals surface area contributed by atoms with Crippen molar-refractivity contribution in [3.63, 3.8) is 0 Å². The topological polar surface area (TPSA) is 98.5 Å². The van der Waals surface area contributed by atoms with E-state index in [0.29, 0.717) is 17.7 Å². The monoisotopic (exact) mass is 314 g/mol. The standard InChI is InChI=1S/C14H22N2O4S/c1-9(2)7-13(14(17)20-4)16-21(18,19)11-5-6-12(15)10(3)8-11/h5-6,8-9,13,16H,7,15H2,1-4H3. The number of hydrogen-bond acceptors (Lipinski definition) is 5. The number of nitrogen functional groups attached to an aromatic ring is 1. The number of nitrogens with two attached hydrogens (primary N) is 1. The largest absolute Gasteiger partial charge is 0.468 e. The van der Waals surface area contributed by atoms with Gasteiger partial charge in [-0.15, -0.1) is 0 Å². The minimum absolute atomic E-state index is 0.0758. The Labute approximate surface area is 125 Å². The maximum atomic E-state index is 12.3. The summed E-state index contributed by atoms with van der Waals surface area (Å²) in [6.07, 6.45) is 0.361. The molecule has 3 N–H and O–H groups in total. The van der Waals surface area contributed by atoms with E-state index in [1.165, 1.54) is 25.3 Å². The number of ether oxygens (including phenoxy) is 1. The smallest absolute Gasteiger partial charge is 0.323 e. The lowest BCUT2D eigenvalue weighted by Crippen LogP contribution is -2.42. The molecule has 0 bridgehead atoms. The van der Waals surface area contributed by atoms with Crippen molar-refractivity contribution in [2.45, 2.75) is 38.1 Å². The number of rotatable bonds is 6. The summed E-state index contributed by atoms with van der Waals surface area (Å²) in [6.45, 7) is 5.52. The number of aryl methyl sites for hydroxylation is 1.